The van der Waals surface area contributed by atoms with Gasteiger partial charge >= 0.3 is 5.97 Å². The molecule has 0 saturated heterocycles. The van der Waals surface area contributed by atoms with Gasteiger partial charge in [-0.25, -0.2) is 4.79 Å². The summed E-state index contributed by atoms with van der Waals surface area (Å²) in [5.41, 5.74) is 1.21. The van der Waals surface area contributed by atoms with Gasteiger partial charge in [-0.1, -0.05) is 19.1 Å². The van der Waals surface area contributed by atoms with Crippen molar-refractivity contribution in [2.24, 2.45) is 0 Å². The number of phenols is 1. The fourth-order valence-corrected chi connectivity index (χ4v) is 1.72. The molecule has 2 rings (SSSR count). The Balaban J connectivity index is 2.45. The van der Waals surface area contributed by atoms with E-state index in [1.165, 1.54) is 6.07 Å². The van der Waals surface area contributed by atoms with Crippen molar-refractivity contribution in [3.8, 4) is 5.75 Å². The summed E-state index contributed by atoms with van der Waals surface area (Å²) in [5, 5.41) is 9.48. The lowest BCUT2D eigenvalue weighted by Crippen LogP contribution is -2.26. The van der Waals surface area contributed by atoms with Crippen molar-refractivity contribution in [1.29, 1.82) is 0 Å². The highest BCUT2D eigenvalue weighted by molar-refractivity contribution is 5.95. The molecule has 0 saturated carbocycles. The van der Waals surface area contributed by atoms with Gasteiger partial charge in [0.25, 0.3) is 0 Å². The number of rotatable bonds is 1. The third kappa shape index (κ3) is 1.35. The SMILES string of the molecule is CCC1Cc2cccc(O)c2C(=O)O1. The molecule has 1 aliphatic rings. The molecule has 0 aliphatic carbocycles. The second-order valence-electron chi connectivity index (χ2n) is 3.45. The van der Waals surface area contributed by atoms with Crippen molar-refractivity contribution in [2.45, 2.75) is 25.9 Å². The van der Waals surface area contributed by atoms with Gasteiger partial charge in [-0.2, -0.15) is 0 Å². The molecule has 1 N–H and O–H groups in total. The molecule has 1 aliphatic heterocycles. The number of carbonyl (C=O) groups excluding carboxylic acids is 1. The third-order valence-corrected chi connectivity index (χ3v) is 2.51. The maximum absolute atomic E-state index is 11.5. The van der Waals surface area contributed by atoms with E-state index < -0.39 is 5.97 Å². The van der Waals surface area contributed by atoms with Crippen LogP contribution in [0.1, 0.15) is 29.3 Å². The molecule has 0 bridgehead atoms. The summed E-state index contributed by atoms with van der Waals surface area (Å²) in [6.07, 6.45) is 1.46. The summed E-state index contributed by atoms with van der Waals surface area (Å²) < 4.78 is 5.14. The molecule has 0 radical (unpaired) electrons. The van der Waals surface area contributed by atoms with Crippen molar-refractivity contribution in [3.05, 3.63) is 29.3 Å². The van der Waals surface area contributed by atoms with Gasteiger partial charge in [-0.05, 0) is 18.1 Å². The maximum atomic E-state index is 11.5. The summed E-state index contributed by atoms with van der Waals surface area (Å²) in [7, 11) is 0. The number of fused-ring (bicyclic) bond motifs is 1. The average Bonchev–Trinajstić information content (AvgIpc) is 2.17. The second-order valence-corrected chi connectivity index (χ2v) is 3.45. The first-order valence-electron chi connectivity index (χ1n) is 4.74. The van der Waals surface area contributed by atoms with Crippen molar-refractivity contribution in [2.75, 3.05) is 0 Å². The van der Waals surface area contributed by atoms with Gasteiger partial charge in [-0.15, -0.1) is 0 Å². The third-order valence-electron chi connectivity index (χ3n) is 2.51. The Morgan fingerprint density at radius 3 is 3.07 bits per heavy atom. The predicted molar refractivity (Wildman–Crippen MR) is 51.3 cm³/mol. The van der Waals surface area contributed by atoms with E-state index in [2.05, 4.69) is 0 Å². The van der Waals surface area contributed by atoms with Crippen molar-refractivity contribution < 1.29 is 14.6 Å². The zero-order chi connectivity index (χ0) is 10.1. The average molecular weight is 192 g/mol. The summed E-state index contributed by atoms with van der Waals surface area (Å²) in [4.78, 5) is 11.5. The Labute approximate surface area is 82.3 Å². The number of carbonyl (C=O) groups is 1. The minimum atomic E-state index is -0.406. The minimum Gasteiger partial charge on any atom is -0.507 e. The zero-order valence-corrected chi connectivity index (χ0v) is 7.99. The molecule has 1 aromatic rings. The van der Waals surface area contributed by atoms with Crippen LogP contribution >= 0.6 is 0 Å². The lowest BCUT2D eigenvalue weighted by Gasteiger charge is -2.23. The Kier molecular flexibility index (Phi) is 2.15. The number of esters is 1. The van der Waals surface area contributed by atoms with E-state index in [0.717, 1.165) is 12.0 Å². The van der Waals surface area contributed by atoms with Crippen LogP contribution in [0.15, 0.2) is 18.2 Å². The van der Waals surface area contributed by atoms with Gasteiger partial charge in [0, 0.05) is 6.42 Å². The van der Waals surface area contributed by atoms with Crippen LogP contribution in [0.2, 0.25) is 0 Å². The standard InChI is InChI=1S/C11H12O3/c1-2-8-6-7-4-3-5-9(12)10(7)11(13)14-8/h3-5,8,12H,2,6H2,1H3. The Bertz CT molecular complexity index is 371. The zero-order valence-electron chi connectivity index (χ0n) is 7.99. The van der Waals surface area contributed by atoms with Gasteiger partial charge in [-0.3, -0.25) is 0 Å². The van der Waals surface area contributed by atoms with Gasteiger partial charge < -0.3 is 9.84 Å². The molecule has 1 atom stereocenters. The number of hydrogen-bond donors (Lipinski definition) is 1. The number of cyclic esters (lactones) is 1. The quantitative estimate of drug-likeness (QED) is 0.691. The first kappa shape index (κ1) is 9.06. The fraction of sp³-hybridized carbons (Fsp3) is 0.364. The van der Waals surface area contributed by atoms with E-state index in [4.69, 9.17) is 4.74 Å². The van der Waals surface area contributed by atoms with Crippen LogP contribution in [0.25, 0.3) is 0 Å². The van der Waals surface area contributed by atoms with Crippen LogP contribution in [-0.4, -0.2) is 17.2 Å². The second kappa shape index (κ2) is 3.33. The Hall–Kier alpha value is -1.51. The number of ether oxygens (including phenoxy) is 1. The summed E-state index contributed by atoms with van der Waals surface area (Å²) in [5.74, 6) is -0.391. The van der Waals surface area contributed by atoms with Gasteiger partial charge in [0.05, 0.1) is 0 Å². The van der Waals surface area contributed by atoms with Crippen LogP contribution in [0, 0.1) is 0 Å². The van der Waals surface area contributed by atoms with Gasteiger partial charge in [0.2, 0.25) is 0 Å². The first-order valence-corrected chi connectivity index (χ1v) is 4.74. The van der Waals surface area contributed by atoms with E-state index in [-0.39, 0.29) is 11.9 Å². The lowest BCUT2D eigenvalue weighted by molar-refractivity contribution is 0.0245. The summed E-state index contributed by atoms with van der Waals surface area (Å²) in [6.45, 7) is 1.98. The van der Waals surface area contributed by atoms with E-state index in [1.807, 2.05) is 13.0 Å². The van der Waals surface area contributed by atoms with Crippen molar-refractivity contribution >= 4 is 5.97 Å². The molecule has 14 heavy (non-hydrogen) atoms. The number of phenolic OH excluding ortho intramolecular Hbond substituents is 1. The molecule has 74 valence electrons. The highest BCUT2D eigenvalue weighted by atomic mass is 16.5. The Morgan fingerprint density at radius 1 is 1.57 bits per heavy atom. The molecule has 0 fully saturated rings. The number of hydrogen-bond acceptors (Lipinski definition) is 3. The molecule has 3 nitrogen and oxygen atoms in total. The van der Waals surface area contributed by atoms with Crippen LogP contribution < -0.4 is 0 Å². The highest BCUT2D eigenvalue weighted by Crippen LogP contribution is 2.28. The van der Waals surface area contributed by atoms with Crippen LogP contribution in [0.4, 0.5) is 0 Å². The van der Waals surface area contributed by atoms with Crippen LogP contribution in [0.3, 0.4) is 0 Å². The van der Waals surface area contributed by atoms with Crippen LogP contribution in [0.5, 0.6) is 5.75 Å². The smallest absolute Gasteiger partial charge is 0.342 e. The molecule has 0 spiro atoms. The number of benzene rings is 1. The topological polar surface area (TPSA) is 46.5 Å². The molecule has 0 amide bonds. The highest BCUT2D eigenvalue weighted by Gasteiger charge is 2.27. The fourth-order valence-electron chi connectivity index (χ4n) is 1.72. The van der Waals surface area contributed by atoms with Gasteiger partial charge in [0.15, 0.2) is 0 Å². The van der Waals surface area contributed by atoms with E-state index in [0.29, 0.717) is 12.0 Å². The molecule has 3 heteroatoms. The first-order chi connectivity index (χ1) is 6.72. The monoisotopic (exact) mass is 192 g/mol. The van der Waals surface area contributed by atoms with E-state index >= 15 is 0 Å². The summed E-state index contributed by atoms with van der Waals surface area (Å²) >= 11 is 0. The maximum Gasteiger partial charge on any atom is 0.342 e. The van der Waals surface area contributed by atoms with E-state index in [1.54, 1.807) is 6.07 Å². The largest absolute Gasteiger partial charge is 0.507 e. The molecule has 1 unspecified atom stereocenters. The van der Waals surface area contributed by atoms with E-state index in [9.17, 15) is 9.90 Å². The van der Waals surface area contributed by atoms with Crippen molar-refractivity contribution in [3.63, 3.8) is 0 Å². The normalized spacial score (nSPS) is 20.1. The molecule has 1 heterocycles. The number of aromatic hydroxyl groups is 1. The minimum absolute atomic E-state index is 0.0158. The molecule has 0 aromatic heterocycles. The molecular formula is C11H12O3. The molecule has 1 aromatic carbocycles. The van der Waals surface area contributed by atoms with Crippen LogP contribution in [-0.2, 0) is 11.2 Å². The van der Waals surface area contributed by atoms with Crippen molar-refractivity contribution in [1.82, 2.24) is 0 Å². The summed E-state index contributed by atoms with van der Waals surface area (Å²) in [6, 6.07) is 5.12. The van der Waals surface area contributed by atoms with Gasteiger partial charge in [0.1, 0.15) is 17.4 Å². The lowest BCUT2D eigenvalue weighted by atomic mass is 9.97. The Morgan fingerprint density at radius 2 is 2.36 bits per heavy atom. The predicted octanol–water partition coefficient (Wildman–Crippen LogP) is 1.88. The molecular weight excluding hydrogens is 180 g/mol.